The molecule has 2 aliphatic heterocycles. The third kappa shape index (κ3) is 2.49. The minimum atomic E-state index is -0.172. The summed E-state index contributed by atoms with van der Waals surface area (Å²) >= 11 is 0. The van der Waals surface area contributed by atoms with Gasteiger partial charge in [0, 0.05) is 45.7 Å². The Bertz CT molecular complexity index is 530. The monoisotopic (exact) mass is 291 g/mol. The Labute approximate surface area is 124 Å². The fourth-order valence-corrected chi connectivity index (χ4v) is 3.32. The second kappa shape index (κ2) is 5.61. The summed E-state index contributed by atoms with van der Waals surface area (Å²) in [6.07, 6.45) is 2.01. The number of rotatable bonds is 5. The summed E-state index contributed by atoms with van der Waals surface area (Å²) in [5, 5.41) is 0. The Morgan fingerprint density at radius 1 is 1.24 bits per heavy atom. The number of amides is 2. The van der Waals surface area contributed by atoms with E-state index in [2.05, 4.69) is 15.5 Å². The second-order valence-corrected chi connectivity index (χ2v) is 5.84. The normalized spacial score (nSPS) is 25.9. The van der Waals surface area contributed by atoms with Crippen molar-refractivity contribution in [3.63, 3.8) is 0 Å². The first-order valence-corrected chi connectivity index (χ1v) is 7.28. The summed E-state index contributed by atoms with van der Waals surface area (Å²) < 4.78 is 7.04. The molecule has 6 heteroatoms. The van der Waals surface area contributed by atoms with Gasteiger partial charge in [-0.05, 0) is 12.1 Å². The number of hydrogen-bond donors (Lipinski definition) is 0. The molecule has 0 saturated carbocycles. The van der Waals surface area contributed by atoms with Crippen LogP contribution in [0.1, 0.15) is 5.69 Å². The van der Waals surface area contributed by atoms with E-state index in [0.29, 0.717) is 26.2 Å². The largest absolute Gasteiger partial charge is 0.383 e. The maximum absolute atomic E-state index is 12.3. The van der Waals surface area contributed by atoms with Gasteiger partial charge < -0.3 is 9.30 Å². The fraction of sp³-hybridized carbons (Fsp3) is 0.600. The summed E-state index contributed by atoms with van der Waals surface area (Å²) in [5.41, 5.74) is 1.20. The first kappa shape index (κ1) is 14.3. The number of ether oxygens (including phenoxy) is 1. The topological polar surface area (TPSA) is 54.8 Å². The maximum Gasteiger partial charge on any atom is 0.234 e. The molecule has 0 aromatic carbocycles. The number of aromatic nitrogens is 1. The van der Waals surface area contributed by atoms with Gasteiger partial charge in [0.25, 0.3) is 0 Å². The highest BCUT2D eigenvalue weighted by Crippen LogP contribution is 2.33. The Morgan fingerprint density at radius 2 is 1.90 bits per heavy atom. The number of fused-ring (bicyclic) bond motifs is 1. The van der Waals surface area contributed by atoms with Crippen LogP contribution in [0, 0.1) is 11.8 Å². The molecule has 114 valence electrons. The Kier molecular flexibility index (Phi) is 3.82. The molecular weight excluding hydrogens is 270 g/mol. The predicted octanol–water partition coefficient (Wildman–Crippen LogP) is 0.0883. The molecule has 2 fully saturated rings. The molecule has 2 amide bonds. The molecule has 0 N–H and O–H groups in total. The van der Waals surface area contributed by atoms with Gasteiger partial charge in [-0.3, -0.25) is 19.4 Å². The van der Waals surface area contributed by atoms with Gasteiger partial charge in [-0.2, -0.15) is 0 Å². The maximum atomic E-state index is 12.3. The van der Waals surface area contributed by atoms with E-state index in [1.165, 1.54) is 10.6 Å². The van der Waals surface area contributed by atoms with Gasteiger partial charge in [-0.25, -0.2) is 0 Å². The number of imide groups is 1. The average Bonchev–Trinajstić information content (AvgIpc) is 3.11. The lowest BCUT2D eigenvalue weighted by Gasteiger charge is -2.20. The van der Waals surface area contributed by atoms with Gasteiger partial charge in [0.1, 0.15) is 0 Å². The smallest absolute Gasteiger partial charge is 0.234 e. The SMILES string of the molecule is COCCN1C(=O)C2CN(Cc3cccn3C)CC2C1=O. The van der Waals surface area contributed by atoms with Gasteiger partial charge in [-0.15, -0.1) is 0 Å². The van der Waals surface area contributed by atoms with Gasteiger partial charge in [0.05, 0.1) is 25.0 Å². The molecule has 0 bridgehead atoms. The molecule has 2 aliphatic rings. The lowest BCUT2D eigenvalue weighted by atomic mass is 10.00. The molecule has 21 heavy (non-hydrogen) atoms. The highest BCUT2D eigenvalue weighted by atomic mass is 16.5. The number of likely N-dealkylation sites (tertiary alicyclic amines) is 2. The molecule has 2 unspecified atom stereocenters. The summed E-state index contributed by atoms with van der Waals surface area (Å²) in [4.78, 5) is 28.2. The summed E-state index contributed by atoms with van der Waals surface area (Å²) in [5.74, 6) is -0.405. The van der Waals surface area contributed by atoms with Crippen LogP contribution in [-0.2, 0) is 27.9 Å². The molecule has 6 nitrogen and oxygen atoms in total. The first-order chi connectivity index (χ1) is 10.1. The van der Waals surface area contributed by atoms with E-state index in [9.17, 15) is 9.59 Å². The van der Waals surface area contributed by atoms with Crippen molar-refractivity contribution in [3.8, 4) is 0 Å². The zero-order valence-corrected chi connectivity index (χ0v) is 12.5. The van der Waals surface area contributed by atoms with Crippen LogP contribution < -0.4 is 0 Å². The Morgan fingerprint density at radius 3 is 2.43 bits per heavy atom. The van der Waals surface area contributed by atoms with Crippen molar-refractivity contribution < 1.29 is 14.3 Å². The van der Waals surface area contributed by atoms with E-state index in [-0.39, 0.29) is 23.7 Å². The van der Waals surface area contributed by atoms with E-state index in [0.717, 1.165) is 6.54 Å². The molecule has 1 aromatic rings. The number of carbonyl (C=O) groups is 2. The third-order valence-electron chi connectivity index (χ3n) is 4.52. The summed E-state index contributed by atoms with van der Waals surface area (Å²) in [6, 6.07) is 4.08. The molecule has 0 aliphatic carbocycles. The Balaban J connectivity index is 1.65. The van der Waals surface area contributed by atoms with E-state index >= 15 is 0 Å². The molecular formula is C15H21N3O3. The zero-order valence-electron chi connectivity index (χ0n) is 12.5. The van der Waals surface area contributed by atoms with E-state index in [4.69, 9.17) is 4.74 Å². The summed E-state index contributed by atoms with van der Waals surface area (Å²) in [6.45, 7) is 2.91. The average molecular weight is 291 g/mol. The number of methoxy groups -OCH3 is 1. The lowest BCUT2D eigenvalue weighted by molar-refractivity contribution is -0.141. The van der Waals surface area contributed by atoms with Crippen molar-refractivity contribution in [3.05, 3.63) is 24.0 Å². The molecule has 2 saturated heterocycles. The van der Waals surface area contributed by atoms with Crippen LogP contribution in [0.15, 0.2) is 18.3 Å². The van der Waals surface area contributed by atoms with Crippen LogP contribution in [-0.4, -0.2) is 59.5 Å². The standard InChI is InChI=1S/C15H21N3O3/c1-16-5-3-4-11(16)8-17-9-12-13(10-17)15(20)18(14(12)19)6-7-21-2/h3-5,12-13H,6-10H2,1-2H3. The van der Waals surface area contributed by atoms with Gasteiger partial charge in [0.15, 0.2) is 0 Å². The number of hydrogen-bond acceptors (Lipinski definition) is 4. The van der Waals surface area contributed by atoms with Crippen molar-refractivity contribution in [2.75, 3.05) is 33.4 Å². The van der Waals surface area contributed by atoms with E-state index < -0.39 is 0 Å². The molecule has 3 heterocycles. The van der Waals surface area contributed by atoms with Crippen LogP contribution in [0.3, 0.4) is 0 Å². The van der Waals surface area contributed by atoms with Crippen molar-refractivity contribution >= 4 is 11.8 Å². The second-order valence-electron chi connectivity index (χ2n) is 5.84. The zero-order chi connectivity index (χ0) is 15.0. The van der Waals surface area contributed by atoms with Crippen LogP contribution in [0.4, 0.5) is 0 Å². The molecule has 1 aromatic heterocycles. The van der Waals surface area contributed by atoms with E-state index in [1.54, 1.807) is 7.11 Å². The predicted molar refractivity (Wildman–Crippen MR) is 76.3 cm³/mol. The highest BCUT2D eigenvalue weighted by Gasteiger charge is 2.51. The number of carbonyl (C=O) groups excluding carboxylic acids is 2. The summed E-state index contributed by atoms with van der Waals surface area (Å²) in [7, 11) is 3.59. The van der Waals surface area contributed by atoms with Gasteiger partial charge in [0.2, 0.25) is 11.8 Å². The van der Waals surface area contributed by atoms with Gasteiger partial charge >= 0.3 is 0 Å². The number of aryl methyl sites for hydroxylation is 1. The van der Waals surface area contributed by atoms with Crippen LogP contribution >= 0.6 is 0 Å². The van der Waals surface area contributed by atoms with Crippen LogP contribution in [0.25, 0.3) is 0 Å². The quantitative estimate of drug-likeness (QED) is 0.722. The highest BCUT2D eigenvalue weighted by molar-refractivity contribution is 6.05. The molecule has 3 rings (SSSR count). The molecule has 0 spiro atoms. The van der Waals surface area contributed by atoms with Crippen molar-refractivity contribution in [2.24, 2.45) is 18.9 Å². The van der Waals surface area contributed by atoms with Crippen molar-refractivity contribution in [2.45, 2.75) is 6.54 Å². The van der Waals surface area contributed by atoms with E-state index in [1.807, 2.05) is 19.3 Å². The van der Waals surface area contributed by atoms with Crippen molar-refractivity contribution in [1.29, 1.82) is 0 Å². The minimum absolute atomic E-state index is 0.0311. The third-order valence-corrected chi connectivity index (χ3v) is 4.52. The number of nitrogens with zero attached hydrogens (tertiary/aromatic N) is 3. The van der Waals surface area contributed by atoms with Crippen LogP contribution in [0.2, 0.25) is 0 Å². The molecule has 0 radical (unpaired) electrons. The van der Waals surface area contributed by atoms with Crippen LogP contribution in [0.5, 0.6) is 0 Å². The Hall–Kier alpha value is -1.66. The van der Waals surface area contributed by atoms with Gasteiger partial charge in [-0.1, -0.05) is 0 Å². The lowest BCUT2D eigenvalue weighted by Crippen LogP contribution is -2.38. The fourth-order valence-electron chi connectivity index (χ4n) is 3.32. The van der Waals surface area contributed by atoms with Crippen molar-refractivity contribution in [1.82, 2.24) is 14.4 Å². The first-order valence-electron chi connectivity index (χ1n) is 7.28. The molecule has 2 atom stereocenters. The minimum Gasteiger partial charge on any atom is -0.383 e.